The lowest BCUT2D eigenvalue weighted by molar-refractivity contribution is -0.243. The first-order valence-electron chi connectivity index (χ1n) is 9.15. The van der Waals surface area contributed by atoms with E-state index in [0.29, 0.717) is 18.1 Å². The van der Waals surface area contributed by atoms with Gasteiger partial charge in [-0.2, -0.15) is 0 Å². The second-order valence-electron chi connectivity index (χ2n) is 9.36. The summed E-state index contributed by atoms with van der Waals surface area (Å²) in [5, 5.41) is 0. The largest absolute Gasteiger partial charge is 0.362 e. The highest BCUT2D eigenvalue weighted by molar-refractivity contribution is 5.31. The maximum atomic E-state index is 6.80. The first kappa shape index (κ1) is 14.0. The molecule has 3 heteroatoms. The van der Waals surface area contributed by atoms with Crippen molar-refractivity contribution >= 4 is 0 Å². The molecule has 4 aliphatic heterocycles. The zero-order valence-electron chi connectivity index (χ0n) is 14.3. The summed E-state index contributed by atoms with van der Waals surface area (Å²) in [6.07, 6.45) is 10.6. The summed E-state index contributed by atoms with van der Waals surface area (Å²) in [6.45, 7) is 10.7. The summed E-state index contributed by atoms with van der Waals surface area (Å²) in [4.78, 5) is 2.65. The van der Waals surface area contributed by atoms with E-state index in [4.69, 9.17) is 9.47 Å². The third-order valence-electron chi connectivity index (χ3n) is 7.77. The van der Waals surface area contributed by atoms with Gasteiger partial charge in [0.05, 0.1) is 12.2 Å². The van der Waals surface area contributed by atoms with E-state index >= 15 is 0 Å². The Hall–Kier alpha value is -0.380. The predicted octanol–water partition coefficient (Wildman–Crippen LogP) is 3.35. The summed E-state index contributed by atoms with van der Waals surface area (Å²) in [5.74, 6) is 1.47. The van der Waals surface area contributed by atoms with Gasteiger partial charge in [-0.05, 0) is 39.0 Å². The fourth-order valence-electron chi connectivity index (χ4n) is 6.29. The van der Waals surface area contributed by atoms with Gasteiger partial charge < -0.3 is 9.47 Å². The van der Waals surface area contributed by atoms with Gasteiger partial charge in [-0.25, -0.2) is 0 Å². The average Bonchev–Trinajstić information content (AvgIpc) is 3.03. The monoisotopic (exact) mass is 303 g/mol. The first-order chi connectivity index (χ1) is 10.4. The molecule has 5 aliphatic rings. The minimum Gasteiger partial charge on any atom is -0.362 e. The van der Waals surface area contributed by atoms with Crippen LogP contribution in [0, 0.1) is 17.3 Å². The molecule has 0 aromatic carbocycles. The van der Waals surface area contributed by atoms with Crippen LogP contribution >= 0.6 is 0 Å². The van der Waals surface area contributed by atoms with Gasteiger partial charge in [0, 0.05) is 23.4 Å². The summed E-state index contributed by atoms with van der Waals surface area (Å²) in [7, 11) is 0. The minimum atomic E-state index is -0.0985. The summed E-state index contributed by atoms with van der Waals surface area (Å²) in [5.41, 5.74) is 0.235. The first-order valence-corrected chi connectivity index (χ1v) is 9.15. The molecule has 0 aromatic rings. The molecule has 4 heterocycles. The van der Waals surface area contributed by atoms with Gasteiger partial charge in [-0.1, -0.05) is 32.4 Å². The van der Waals surface area contributed by atoms with Crippen molar-refractivity contribution < 1.29 is 9.47 Å². The Labute approximate surface area is 134 Å². The van der Waals surface area contributed by atoms with E-state index in [0.717, 1.165) is 18.9 Å². The van der Waals surface area contributed by atoms with Gasteiger partial charge in [0.2, 0.25) is 0 Å². The molecule has 0 amide bonds. The van der Waals surface area contributed by atoms with Crippen LogP contribution in [0.25, 0.3) is 0 Å². The molecule has 0 aromatic heterocycles. The number of fused-ring (bicyclic) bond motifs is 4. The third kappa shape index (κ3) is 1.44. The van der Waals surface area contributed by atoms with Crippen LogP contribution in [0.3, 0.4) is 0 Å². The Balaban J connectivity index is 1.56. The number of ether oxygens (including phenoxy) is 2. The molecule has 1 spiro atoms. The quantitative estimate of drug-likeness (QED) is 0.641. The molecule has 7 atom stereocenters. The molecule has 5 rings (SSSR count). The van der Waals surface area contributed by atoms with E-state index in [1.165, 1.54) is 19.3 Å². The van der Waals surface area contributed by atoms with Gasteiger partial charge in [0.15, 0.2) is 0 Å². The summed E-state index contributed by atoms with van der Waals surface area (Å²) >= 11 is 0. The van der Waals surface area contributed by atoms with Crippen molar-refractivity contribution in [1.29, 1.82) is 0 Å². The van der Waals surface area contributed by atoms with E-state index in [2.05, 4.69) is 44.7 Å². The Bertz CT molecular complexity index is 544. The highest BCUT2D eigenvalue weighted by Crippen LogP contribution is 2.63. The lowest BCUT2D eigenvalue weighted by Crippen LogP contribution is -2.64. The zero-order chi connectivity index (χ0) is 15.3. The Kier molecular flexibility index (Phi) is 2.54. The molecule has 3 saturated heterocycles. The van der Waals surface area contributed by atoms with E-state index in [1.54, 1.807) is 0 Å². The van der Waals surface area contributed by atoms with Crippen LogP contribution in [0.15, 0.2) is 12.2 Å². The molecule has 0 radical (unpaired) electrons. The zero-order valence-corrected chi connectivity index (χ0v) is 14.3. The van der Waals surface area contributed by atoms with Gasteiger partial charge in [-0.3, -0.25) is 4.90 Å². The molecule has 4 fully saturated rings. The number of hydrogen-bond donors (Lipinski definition) is 0. The molecule has 1 saturated carbocycles. The molecule has 0 unspecified atom stereocenters. The normalized spacial score (nSPS) is 58.5. The Morgan fingerprint density at radius 1 is 1.18 bits per heavy atom. The Morgan fingerprint density at radius 2 is 2.00 bits per heavy atom. The van der Waals surface area contributed by atoms with Crippen molar-refractivity contribution in [3.63, 3.8) is 0 Å². The highest BCUT2D eigenvalue weighted by atomic mass is 16.6. The van der Waals surface area contributed by atoms with E-state index in [-0.39, 0.29) is 22.8 Å². The standard InChI is InChI=1S/C19H29NO2/c1-12-5-6-14-15(9-12)21-16-18(4)10-13-7-8-19(18,22-13)11-20(16)17(14,2)3/h7-8,12-16H,5-6,9-11H2,1-4H3/t12-,13+,14-,15-,16+,18-,19-/m1/s1. The fourth-order valence-corrected chi connectivity index (χ4v) is 6.29. The molecule has 0 N–H and O–H groups in total. The highest BCUT2D eigenvalue weighted by Gasteiger charge is 2.72. The van der Waals surface area contributed by atoms with Crippen molar-refractivity contribution in [2.45, 2.75) is 83.0 Å². The molecule has 3 nitrogen and oxygen atoms in total. The van der Waals surface area contributed by atoms with Crippen LogP contribution in [-0.4, -0.2) is 41.0 Å². The van der Waals surface area contributed by atoms with Crippen molar-refractivity contribution in [2.75, 3.05) is 6.54 Å². The molecular formula is C19H29NO2. The van der Waals surface area contributed by atoms with Gasteiger partial charge in [0.25, 0.3) is 0 Å². The Morgan fingerprint density at radius 3 is 2.77 bits per heavy atom. The third-order valence-corrected chi connectivity index (χ3v) is 7.77. The van der Waals surface area contributed by atoms with E-state index in [1.807, 2.05) is 0 Å². The maximum Gasteiger partial charge on any atom is 0.120 e. The van der Waals surface area contributed by atoms with Crippen LogP contribution in [-0.2, 0) is 9.47 Å². The van der Waals surface area contributed by atoms with Crippen molar-refractivity contribution in [3.05, 3.63) is 12.2 Å². The van der Waals surface area contributed by atoms with Gasteiger partial charge in [-0.15, -0.1) is 0 Å². The van der Waals surface area contributed by atoms with E-state index in [9.17, 15) is 0 Å². The number of rotatable bonds is 0. The predicted molar refractivity (Wildman–Crippen MR) is 85.4 cm³/mol. The van der Waals surface area contributed by atoms with Crippen LogP contribution in [0.5, 0.6) is 0 Å². The van der Waals surface area contributed by atoms with Gasteiger partial charge in [0.1, 0.15) is 11.8 Å². The SMILES string of the molecule is C[C@@H]1CC[C@@H]2[C@@H](C1)O[C@@H]1N(C[C@]34C=C[C@@H](C[C@]13C)O4)C2(C)C. The van der Waals surface area contributed by atoms with Crippen molar-refractivity contribution in [3.8, 4) is 0 Å². The second kappa shape index (κ2) is 3.99. The van der Waals surface area contributed by atoms with Crippen molar-refractivity contribution in [1.82, 2.24) is 4.90 Å². The molecule has 1 aliphatic carbocycles. The van der Waals surface area contributed by atoms with Crippen LogP contribution in [0.4, 0.5) is 0 Å². The van der Waals surface area contributed by atoms with Crippen LogP contribution < -0.4 is 0 Å². The average molecular weight is 303 g/mol. The van der Waals surface area contributed by atoms with Gasteiger partial charge >= 0.3 is 0 Å². The smallest absolute Gasteiger partial charge is 0.120 e. The molecule has 2 bridgehead atoms. The topological polar surface area (TPSA) is 21.7 Å². The van der Waals surface area contributed by atoms with E-state index < -0.39 is 0 Å². The lowest BCUT2D eigenvalue weighted by Gasteiger charge is -2.57. The number of nitrogens with zero attached hydrogens (tertiary/aromatic N) is 1. The summed E-state index contributed by atoms with van der Waals surface area (Å²) < 4.78 is 13.2. The molecular weight excluding hydrogens is 274 g/mol. The second-order valence-corrected chi connectivity index (χ2v) is 9.36. The molecule has 122 valence electrons. The number of hydrogen-bond acceptors (Lipinski definition) is 3. The maximum absolute atomic E-state index is 6.80. The fraction of sp³-hybridized carbons (Fsp3) is 0.895. The van der Waals surface area contributed by atoms with Crippen LogP contribution in [0.1, 0.15) is 53.4 Å². The summed E-state index contributed by atoms with van der Waals surface area (Å²) in [6, 6.07) is 0. The van der Waals surface area contributed by atoms with Crippen molar-refractivity contribution in [2.24, 2.45) is 17.3 Å². The lowest BCUT2D eigenvalue weighted by atomic mass is 9.68. The van der Waals surface area contributed by atoms with Crippen LogP contribution in [0.2, 0.25) is 0 Å². The minimum absolute atomic E-state index is 0.0985. The molecule has 22 heavy (non-hydrogen) atoms.